The van der Waals surface area contributed by atoms with Gasteiger partial charge in [-0.25, -0.2) is 0 Å². The normalized spacial score (nSPS) is 40.1. The number of aliphatic hydroxyl groups is 6. The molecule has 2 saturated heterocycles. The van der Waals surface area contributed by atoms with E-state index < -0.39 is 86.3 Å². The molecule has 14 heteroatoms. The van der Waals surface area contributed by atoms with Gasteiger partial charge in [0.05, 0.1) is 31.9 Å². The Balaban J connectivity index is 2.22. The van der Waals surface area contributed by atoms with Crippen LogP contribution in [0.1, 0.15) is 13.3 Å². The molecule has 2 aliphatic rings. The second-order valence-electron chi connectivity index (χ2n) is 7.77. The Morgan fingerprint density at radius 3 is 2.09 bits per heavy atom. The molecule has 0 radical (unpaired) electrons. The Morgan fingerprint density at radius 1 is 0.906 bits per heavy atom. The van der Waals surface area contributed by atoms with Crippen LogP contribution >= 0.6 is 0 Å². The standard InChI is InChI=1S/C18H32N2O12/c1-7(23)20-12-8(2-3-19-4-11(24)25)30-10(6-22)14(27)17(12)32-18-16(29)15(28)13(26)9(5-21)31-18/h8-10,12-19,21-22,26-29H,2-6H2,1H3,(H,20,23)(H,24,25). The fourth-order valence-corrected chi connectivity index (χ4v) is 3.77. The number of carboxylic acids is 1. The number of ether oxygens (including phenoxy) is 3. The van der Waals surface area contributed by atoms with Crippen LogP contribution in [0.3, 0.4) is 0 Å². The number of aliphatic hydroxyl groups excluding tert-OH is 6. The molecule has 2 aliphatic heterocycles. The van der Waals surface area contributed by atoms with E-state index in [2.05, 4.69) is 10.6 Å². The van der Waals surface area contributed by atoms with Gasteiger partial charge in [0, 0.05) is 6.92 Å². The van der Waals surface area contributed by atoms with Gasteiger partial charge in [-0.05, 0) is 13.0 Å². The summed E-state index contributed by atoms with van der Waals surface area (Å²) in [5.41, 5.74) is 0. The van der Waals surface area contributed by atoms with Gasteiger partial charge in [0.1, 0.15) is 42.7 Å². The van der Waals surface area contributed by atoms with E-state index in [-0.39, 0.29) is 19.5 Å². The van der Waals surface area contributed by atoms with E-state index in [0.29, 0.717) is 0 Å². The van der Waals surface area contributed by atoms with Crippen LogP contribution < -0.4 is 10.6 Å². The minimum atomic E-state index is -1.75. The molecule has 14 nitrogen and oxygen atoms in total. The average molecular weight is 468 g/mol. The zero-order chi connectivity index (χ0) is 24.0. The van der Waals surface area contributed by atoms with Crippen LogP contribution in [-0.4, -0.2) is 135 Å². The van der Waals surface area contributed by atoms with Crippen molar-refractivity contribution in [3.8, 4) is 0 Å². The number of rotatable bonds is 10. The van der Waals surface area contributed by atoms with Gasteiger partial charge in [0.2, 0.25) is 5.91 Å². The Hall–Kier alpha value is -1.46. The first-order valence-corrected chi connectivity index (χ1v) is 10.2. The lowest BCUT2D eigenvalue weighted by Gasteiger charge is -2.47. The summed E-state index contributed by atoms with van der Waals surface area (Å²) >= 11 is 0. The average Bonchev–Trinajstić information content (AvgIpc) is 2.74. The first kappa shape index (κ1) is 26.8. The molecule has 9 N–H and O–H groups in total. The molecule has 0 aromatic rings. The molecule has 0 saturated carbocycles. The maximum Gasteiger partial charge on any atom is 0.317 e. The van der Waals surface area contributed by atoms with E-state index >= 15 is 0 Å². The Labute approximate surface area is 183 Å². The smallest absolute Gasteiger partial charge is 0.317 e. The predicted molar refractivity (Wildman–Crippen MR) is 103 cm³/mol. The van der Waals surface area contributed by atoms with Gasteiger partial charge in [0.15, 0.2) is 6.29 Å². The maximum absolute atomic E-state index is 11.8. The van der Waals surface area contributed by atoms with Crippen LogP contribution in [0.2, 0.25) is 0 Å². The second-order valence-corrected chi connectivity index (χ2v) is 7.77. The van der Waals surface area contributed by atoms with E-state index in [1.807, 2.05) is 0 Å². The lowest BCUT2D eigenvalue weighted by molar-refractivity contribution is -0.332. The van der Waals surface area contributed by atoms with Gasteiger partial charge in [-0.15, -0.1) is 0 Å². The molecule has 10 unspecified atom stereocenters. The number of hydrogen-bond donors (Lipinski definition) is 9. The number of nitrogens with one attached hydrogen (secondary N) is 2. The molecule has 2 fully saturated rings. The quantitative estimate of drug-likeness (QED) is 0.137. The summed E-state index contributed by atoms with van der Waals surface area (Å²) in [5, 5.41) is 73.8. The van der Waals surface area contributed by atoms with Crippen molar-refractivity contribution >= 4 is 11.9 Å². The van der Waals surface area contributed by atoms with E-state index in [4.69, 9.17) is 19.3 Å². The highest BCUT2D eigenvalue weighted by molar-refractivity contribution is 5.73. The summed E-state index contributed by atoms with van der Waals surface area (Å²) in [7, 11) is 0. The zero-order valence-electron chi connectivity index (χ0n) is 17.5. The lowest BCUT2D eigenvalue weighted by Crippen LogP contribution is -2.67. The molecular formula is C18H32N2O12. The largest absolute Gasteiger partial charge is 0.480 e. The molecule has 2 heterocycles. The highest BCUT2D eigenvalue weighted by Gasteiger charge is 2.50. The predicted octanol–water partition coefficient (Wildman–Crippen LogP) is -5.14. The first-order chi connectivity index (χ1) is 15.1. The van der Waals surface area contributed by atoms with Crippen molar-refractivity contribution in [1.82, 2.24) is 10.6 Å². The van der Waals surface area contributed by atoms with Crippen LogP contribution in [0.25, 0.3) is 0 Å². The summed E-state index contributed by atoms with van der Waals surface area (Å²) in [5.74, 6) is -1.57. The summed E-state index contributed by atoms with van der Waals surface area (Å²) in [6.07, 6.45) is -12.5. The van der Waals surface area contributed by atoms with Crippen LogP contribution in [0, 0.1) is 0 Å². The Morgan fingerprint density at radius 2 is 1.53 bits per heavy atom. The highest BCUT2D eigenvalue weighted by atomic mass is 16.7. The maximum atomic E-state index is 11.8. The van der Waals surface area contributed by atoms with Crippen molar-refractivity contribution in [2.45, 2.75) is 74.5 Å². The fraction of sp³-hybridized carbons (Fsp3) is 0.889. The van der Waals surface area contributed by atoms with E-state index in [1.165, 1.54) is 6.92 Å². The van der Waals surface area contributed by atoms with E-state index in [0.717, 1.165) is 0 Å². The molecule has 0 aromatic carbocycles. The number of carbonyl (C=O) groups is 2. The number of carbonyl (C=O) groups excluding carboxylic acids is 1. The summed E-state index contributed by atoms with van der Waals surface area (Å²) in [6.45, 7) is -0.230. The van der Waals surface area contributed by atoms with Crippen molar-refractivity contribution in [2.24, 2.45) is 0 Å². The molecule has 0 aliphatic carbocycles. The molecule has 0 spiro atoms. The molecular weight excluding hydrogens is 436 g/mol. The first-order valence-electron chi connectivity index (χ1n) is 10.2. The summed E-state index contributed by atoms with van der Waals surface area (Å²) < 4.78 is 16.7. The number of amides is 1. The van der Waals surface area contributed by atoms with E-state index in [9.17, 15) is 40.2 Å². The second kappa shape index (κ2) is 12.1. The topological polar surface area (TPSA) is 227 Å². The molecule has 1 amide bonds. The van der Waals surface area contributed by atoms with Crippen molar-refractivity contribution in [1.29, 1.82) is 0 Å². The molecule has 2 rings (SSSR count). The van der Waals surface area contributed by atoms with Crippen molar-refractivity contribution in [3.05, 3.63) is 0 Å². The summed E-state index contributed by atoms with van der Waals surface area (Å²) in [4.78, 5) is 22.5. The molecule has 0 aromatic heterocycles. The monoisotopic (exact) mass is 468 g/mol. The third-order valence-corrected chi connectivity index (χ3v) is 5.39. The molecule has 0 bridgehead atoms. The van der Waals surface area contributed by atoms with Crippen LogP contribution in [0.15, 0.2) is 0 Å². The minimum absolute atomic E-state index is 0.161. The van der Waals surface area contributed by atoms with Gasteiger partial charge < -0.3 is 60.6 Å². The third kappa shape index (κ3) is 6.54. The van der Waals surface area contributed by atoms with Crippen molar-refractivity contribution in [3.63, 3.8) is 0 Å². The molecule has 32 heavy (non-hydrogen) atoms. The molecule has 186 valence electrons. The molecule has 10 atom stereocenters. The lowest BCUT2D eigenvalue weighted by atomic mass is 9.90. The number of carboxylic acid groups (broad SMARTS) is 1. The highest BCUT2D eigenvalue weighted by Crippen LogP contribution is 2.30. The van der Waals surface area contributed by atoms with Gasteiger partial charge >= 0.3 is 5.97 Å². The van der Waals surface area contributed by atoms with Crippen LogP contribution in [-0.2, 0) is 23.8 Å². The number of hydrogen-bond acceptors (Lipinski definition) is 12. The number of aliphatic carboxylic acids is 1. The Kier molecular flexibility index (Phi) is 10.2. The SMILES string of the molecule is CC(=O)NC1C(CCNCC(=O)O)OC(CO)C(O)C1OC1OC(CO)C(O)C(O)C1O. The van der Waals surface area contributed by atoms with Crippen molar-refractivity contribution in [2.75, 3.05) is 26.3 Å². The fourth-order valence-electron chi connectivity index (χ4n) is 3.77. The van der Waals surface area contributed by atoms with Gasteiger partial charge in [-0.3, -0.25) is 9.59 Å². The third-order valence-electron chi connectivity index (χ3n) is 5.39. The van der Waals surface area contributed by atoms with Crippen molar-refractivity contribution < 1.29 is 59.5 Å². The minimum Gasteiger partial charge on any atom is -0.480 e. The summed E-state index contributed by atoms with van der Waals surface area (Å²) in [6, 6.07) is -1.01. The van der Waals surface area contributed by atoms with Crippen LogP contribution in [0.4, 0.5) is 0 Å². The Bertz CT molecular complexity index is 623. The van der Waals surface area contributed by atoms with Gasteiger partial charge in [-0.1, -0.05) is 0 Å². The van der Waals surface area contributed by atoms with Crippen LogP contribution in [0.5, 0.6) is 0 Å². The zero-order valence-corrected chi connectivity index (χ0v) is 17.5. The van der Waals surface area contributed by atoms with Gasteiger partial charge in [0.25, 0.3) is 0 Å². The van der Waals surface area contributed by atoms with Gasteiger partial charge in [-0.2, -0.15) is 0 Å². The van der Waals surface area contributed by atoms with E-state index in [1.54, 1.807) is 0 Å².